The Bertz CT molecular complexity index is 1200. The van der Waals surface area contributed by atoms with Crippen LogP contribution in [0.4, 0.5) is 0 Å². The largest absolute Gasteiger partial charge is 0.508 e. The first-order valence-corrected chi connectivity index (χ1v) is 12.2. The fraction of sp³-hybridized carbons (Fsp3) is 0.448. The van der Waals surface area contributed by atoms with Gasteiger partial charge in [-0.25, -0.2) is 0 Å². The van der Waals surface area contributed by atoms with Crippen LogP contribution in [0.2, 0.25) is 0 Å². The molecule has 2 aromatic carbocycles. The van der Waals surface area contributed by atoms with Gasteiger partial charge >= 0.3 is 0 Å². The van der Waals surface area contributed by atoms with Gasteiger partial charge in [-0.1, -0.05) is 11.6 Å². The lowest BCUT2D eigenvalue weighted by molar-refractivity contribution is 0.0310. The first kappa shape index (κ1) is 22.9. The van der Waals surface area contributed by atoms with Crippen molar-refractivity contribution in [1.29, 1.82) is 0 Å². The van der Waals surface area contributed by atoms with E-state index < -0.39 is 0 Å². The Morgan fingerprint density at radius 2 is 1.79 bits per heavy atom. The second kappa shape index (κ2) is 8.09. The van der Waals surface area contributed by atoms with Crippen molar-refractivity contribution in [2.75, 3.05) is 0 Å². The van der Waals surface area contributed by atoms with Crippen molar-refractivity contribution < 1.29 is 24.4 Å². The van der Waals surface area contributed by atoms with Crippen LogP contribution in [0.25, 0.3) is 11.3 Å². The third-order valence-electron chi connectivity index (χ3n) is 7.29. The molecule has 3 aliphatic rings. The molecule has 0 aromatic heterocycles. The smallest absolute Gasteiger partial charge is 0.142 e. The maximum atomic E-state index is 10.7. The first-order chi connectivity index (χ1) is 16.0. The zero-order valence-electron chi connectivity index (χ0n) is 20.7. The molecule has 5 nitrogen and oxygen atoms in total. The number of hydrogen-bond donors (Lipinski definition) is 2. The van der Waals surface area contributed by atoms with Crippen molar-refractivity contribution in [3.63, 3.8) is 0 Å². The molecule has 1 fully saturated rings. The van der Waals surface area contributed by atoms with E-state index in [-0.39, 0.29) is 28.8 Å². The molecular weight excluding hydrogens is 428 g/mol. The molecule has 3 aliphatic heterocycles. The van der Waals surface area contributed by atoms with Gasteiger partial charge in [-0.05, 0) is 90.5 Å². The van der Waals surface area contributed by atoms with E-state index in [0.29, 0.717) is 17.9 Å². The number of phenolic OH excluding ortho intramolecular Hbond substituents is 2. The highest BCUT2D eigenvalue weighted by Gasteiger charge is 2.48. The number of benzene rings is 2. The minimum absolute atomic E-state index is 0.0294. The zero-order chi connectivity index (χ0) is 24.3. The highest BCUT2D eigenvalue weighted by atomic mass is 16.6. The summed E-state index contributed by atoms with van der Waals surface area (Å²) in [7, 11) is 0. The van der Waals surface area contributed by atoms with Crippen molar-refractivity contribution in [3.05, 3.63) is 58.7 Å². The summed E-state index contributed by atoms with van der Waals surface area (Å²) in [6, 6.07) is 8.84. The van der Waals surface area contributed by atoms with Crippen molar-refractivity contribution in [2.45, 2.75) is 84.0 Å². The van der Waals surface area contributed by atoms with Gasteiger partial charge < -0.3 is 24.4 Å². The van der Waals surface area contributed by atoms with Crippen molar-refractivity contribution >= 4 is 11.3 Å². The van der Waals surface area contributed by atoms with E-state index in [0.717, 1.165) is 53.7 Å². The summed E-state index contributed by atoms with van der Waals surface area (Å²) in [6.45, 7) is 10.5. The van der Waals surface area contributed by atoms with E-state index in [1.54, 1.807) is 18.2 Å². The summed E-state index contributed by atoms with van der Waals surface area (Å²) in [4.78, 5) is 0. The molecule has 0 radical (unpaired) electrons. The minimum atomic E-state index is -0.317. The van der Waals surface area contributed by atoms with Gasteiger partial charge in [-0.3, -0.25) is 0 Å². The van der Waals surface area contributed by atoms with Crippen molar-refractivity contribution in [1.82, 2.24) is 0 Å². The third kappa shape index (κ3) is 4.29. The Hall–Kier alpha value is -2.92. The maximum absolute atomic E-state index is 10.7. The van der Waals surface area contributed by atoms with Crippen LogP contribution in [0.3, 0.4) is 0 Å². The topological polar surface area (TPSA) is 71.5 Å². The van der Waals surface area contributed by atoms with E-state index in [9.17, 15) is 10.2 Å². The first-order valence-electron chi connectivity index (χ1n) is 12.2. The van der Waals surface area contributed by atoms with Gasteiger partial charge in [-0.15, -0.1) is 0 Å². The highest BCUT2D eigenvalue weighted by Crippen LogP contribution is 2.52. The SMILES string of the molecule is CC(C)=CCc1cc2c(cc1O)Oc1cc(O)ccc1C1=C2CCC(C)(CCC2OC2(C)C)O1. The van der Waals surface area contributed by atoms with Gasteiger partial charge in [0.05, 0.1) is 17.3 Å². The summed E-state index contributed by atoms with van der Waals surface area (Å²) in [5.74, 6) is 2.24. The molecule has 2 aromatic rings. The molecule has 0 amide bonds. The maximum Gasteiger partial charge on any atom is 0.142 e. The van der Waals surface area contributed by atoms with Crippen LogP contribution in [-0.4, -0.2) is 27.5 Å². The average Bonchev–Trinajstić information content (AvgIpc) is 3.41. The molecule has 2 N–H and O–H groups in total. The molecule has 2 unspecified atom stereocenters. The minimum Gasteiger partial charge on any atom is -0.508 e. The molecule has 180 valence electrons. The molecule has 5 heteroatoms. The monoisotopic (exact) mass is 462 g/mol. The Kier molecular flexibility index (Phi) is 5.44. The summed E-state index contributed by atoms with van der Waals surface area (Å²) < 4.78 is 18.9. The quantitative estimate of drug-likeness (QED) is 0.366. The molecular formula is C29H34O5. The number of rotatable bonds is 5. The number of allylic oxidation sites excluding steroid dienone is 3. The molecule has 0 bridgehead atoms. The lowest BCUT2D eigenvalue weighted by Crippen LogP contribution is -2.32. The standard InChI is InChI=1S/C29H34O5/c1-17(2)6-7-18-14-22-20-10-12-29(5,13-11-26-28(3,4)33-26)34-27(20)21-9-8-19(30)15-24(21)32-25(22)16-23(18)31/h6,8-9,14-16,26,30-31H,7,10-13H2,1-5H3. The lowest BCUT2D eigenvalue weighted by Gasteiger charge is -2.37. The number of phenols is 2. The highest BCUT2D eigenvalue weighted by molar-refractivity contribution is 5.94. The predicted molar refractivity (Wildman–Crippen MR) is 133 cm³/mol. The fourth-order valence-electron chi connectivity index (χ4n) is 5.00. The van der Waals surface area contributed by atoms with Gasteiger partial charge in [0.25, 0.3) is 0 Å². The van der Waals surface area contributed by atoms with Gasteiger partial charge in [0.15, 0.2) is 0 Å². The zero-order valence-corrected chi connectivity index (χ0v) is 20.7. The van der Waals surface area contributed by atoms with Gasteiger partial charge in [0, 0.05) is 23.3 Å². The van der Waals surface area contributed by atoms with E-state index in [1.165, 1.54) is 5.57 Å². The third-order valence-corrected chi connectivity index (χ3v) is 7.29. The summed E-state index contributed by atoms with van der Waals surface area (Å²) >= 11 is 0. The van der Waals surface area contributed by atoms with Gasteiger partial charge in [0.2, 0.25) is 0 Å². The average molecular weight is 463 g/mol. The van der Waals surface area contributed by atoms with E-state index >= 15 is 0 Å². The van der Waals surface area contributed by atoms with Crippen LogP contribution >= 0.6 is 0 Å². The number of ether oxygens (including phenoxy) is 3. The molecule has 1 saturated heterocycles. The second-order valence-electron chi connectivity index (χ2n) is 10.9. The Morgan fingerprint density at radius 1 is 1.06 bits per heavy atom. The second-order valence-corrected chi connectivity index (χ2v) is 10.9. The normalized spacial score (nSPS) is 24.1. The van der Waals surface area contributed by atoms with Gasteiger partial charge in [-0.2, -0.15) is 0 Å². The van der Waals surface area contributed by atoms with E-state index in [4.69, 9.17) is 14.2 Å². The van der Waals surface area contributed by atoms with Crippen LogP contribution in [0.1, 0.15) is 77.0 Å². The van der Waals surface area contributed by atoms with E-state index in [2.05, 4.69) is 40.7 Å². The Labute approximate surface area is 201 Å². The molecule has 34 heavy (non-hydrogen) atoms. The Balaban J connectivity index is 1.56. The summed E-state index contributed by atoms with van der Waals surface area (Å²) in [5, 5.41) is 20.8. The van der Waals surface area contributed by atoms with Crippen LogP contribution in [0.5, 0.6) is 23.0 Å². The number of hydrogen-bond acceptors (Lipinski definition) is 5. The number of aromatic hydroxyl groups is 2. The molecule has 0 saturated carbocycles. The van der Waals surface area contributed by atoms with Crippen LogP contribution in [-0.2, 0) is 15.9 Å². The molecule has 0 spiro atoms. The number of fused-ring (bicyclic) bond motifs is 4. The Morgan fingerprint density at radius 3 is 2.50 bits per heavy atom. The van der Waals surface area contributed by atoms with Crippen molar-refractivity contribution in [2.24, 2.45) is 0 Å². The molecule has 5 rings (SSSR count). The van der Waals surface area contributed by atoms with Gasteiger partial charge in [0.1, 0.15) is 34.4 Å². The van der Waals surface area contributed by atoms with Crippen molar-refractivity contribution in [3.8, 4) is 23.0 Å². The summed E-state index contributed by atoms with van der Waals surface area (Å²) in [6.07, 6.45) is 6.62. The van der Waals surface area contributed by atoms with Crippen LogP contribution < -0.4 is 4.74 Å². The molecule has 3 heterocycles. The fourth-order valence-corrected chi connectivity index (χ4v) is 5.00. The predicted octanol–water partition coefficient (Wildman–Crippen LogP) is 7.11. The van der Waals surface area contributed by atoms with Crippen LogP contribution in [0, 0.1) is 0 Å². The molecule has 2 atom stereocenters. The number of epoxide rings is 1. The lowest BCUT2D eigenvalue weighted by atomic mass is 9.84. The van der Waals surface area contributed by atoms with Crippen LogP contribution in [0.15, 0.2) is 42.0 Å². The molecule has 0 aliphatic carbocycles. The van der Waals surface area contributed by atoms with E-state index in [1.807, 2.05) is 12.1 Å². The summed E-state index contributed by atoms with van der Waals surface area (Å²) in [5.41, 5.74) is 4.55.